The fourth-order valence-corrected chi connectivity index (χ4v) is 3.24. The number of halogens is 3. The van der Waals surface area contributed by atoms with Gasteiger partial charge in [-0.25, -0.2) is 0 Å². The summed E-state index contributed by atoms with van der Waals surface area (Å²) in [4.78, 5) is 0. The summed E-state index contributed by atoms with van der Waals surface area (Å²) in [6, 6.07) is 22.5. The van der Waals surface area contributed by atoms with E-state index in [0.29, 0.717) is 6.61 Å². The van der Waals surface area contributed by atoms with Gasteiger partial charge < -0.3 is 10.1 Å². The third-order valence-corrected chi connectivity index (χ3v) is 4.95. The Morgan fingerprint density at radius 3 is 2.11 bits per heavy atom. The van der Waals surface area contributed by atoms with Gasteiger partial charge in [0, 0.05) is 18.1 Å². The van der Waals surface area contributed by atoms with Gasteiger partial charge in [0.2, 0.25) is 0 Å². The van der Waals surface area contributed by atoms with E-state index in [1.807, 2.05) is 30.3 Å². The van der Waals surface area contributed by atoms with E-state index < -0.39 is 0 Å². The highest BCUT2D eigenvalue weighted by Gasteiger charge is 2.04. The quantitative estimate of drug-likeness (QED) is 0.418. The second-order valence-corrected chi connectivity index (χ2v) is 7.56. The Hall–Kier alpha value is -1.52. The number of benzene rings is 3. The zero-order valence-corrected chi connectivity index (χ0v) is 18.2. The number of hydrogen-bond donors (Lipinski definition) is 1. The molecule has 0 spiro atoms. The Balaban J connectivity index is 0.00000261. The van der Waals surface area contributed by atoms with Crippen molar-refractivity contribution in [2.24, 2.45) is 0 Å². The van der Waals surface area contributed by atoms with Crippen molar-refractivity contribution in [3.05, 3.63) is 98.5 Å². The van der Waals surface area contributed by atoms with Crippen LogP contribution in [0.25, 0.3) is 0 Å². The molecule has 5 heteroatoms. The van der Waals surface area contributed by atoms with Gasteiger partial charge in [-0.15, -0.1) is 12.4 Å². The lowest BCUT2D eigenvalue weighted by atomic mass is 10.1. The molecule has 0 bridgehead atoms. The number of ether oxygens (including phenoxy) is 1. The number of hydrogen-bond acceptors (Lipinski definition) is 2. The average molecular weight is 467 g/mol. The first-order valence-corrected chi connectivity index (χ1v) is 9.69. The van der Waals surface area contributed by atoms with Gasteiger partial charge in [0.15, 0.2) is 0 Å². The fraction of sp³-hybridized carbons (Fsp3) is 0.182. The minimum absolute atomic E-state index is 0. The van der Waals surface area contributed by atoms with E-state index in [1.165, 1.54) is 16.7 Å². The van der Waals surface area contributed by atoms with Crippen LogP contribution in [0.15, 0.2) is 71.2 Å². The van der Waals surface area contributed by atoms with Gasteiger partial charge in [-0.2, -0.15) is 0 Å². The minimum Gasteiger partial charge on any atom is -0.488 e. The molecule has 0 saturated carbocycles. The van der Waals surface area contributed by atoms with E-state index in [0.717, 1.165) is 33.9 Å². The smallest absolute Gasteiger partial charge is 0.134 e. The Bertz CT molecular complexity index is 851. The van der Waals surface area contributed by atoms with Crippen LogP contribution in [0.1, 0.15) is 22.3 Å². The number of aryl methyl sites for hydroxylation is 1. The normalized spacial score (nSPS) is 10.3. The molecule has 1 N–H and O–H groups in total. The number of nitrogens with one attached hydrogen (secondary N) is 1. The monoisotopic (exact) mass is 465 g/mol. The predicted molar refractivity (Wildman–Crippen MR) is 119 cm³/mol. The summed E-state index contributed by atoms with van der Waals surface area (Å²) < 4.78 is 6.85. The van der Waals surface area contributed by atoms with E-state index in [9.17, 15) is 0 Å². The molecule has 0 radical (unpaired) electrons. The maximum atomic E-state index is 5.90. The van der Waals surface area contributed by atoms with Crippen LogP contribution in [-0.2, 0) is 19.7 Å². The van der Waals surface area contributed by atoms with Gasteiger partial charge in [-0.3, -0.25) is 0 Å². The van der Waals surface area contributed by atoms with Crippen LogP contribution in [0.4, 0.5) is 0 Å². The highest BCUT2D eigenvalue weighted by molar-refractivity contribution is 9.10. The highest BCUT2D eigenvalue weighted by Crippen LogP contribution is 2.27. The van der Waals surface area contributed by atoms with E-state index in [4.69, 9.17) is 16.3 Å². The van der Waals surface area contributed by atoms with Crippen LogP contribution < -0.4 is 10.1 Å². The molecule has 3 rings (SSSR count). The molecule has 0 aliphatic heterocycles. The van der Waals surface area contributed by atoms with Gasteiger partial charge in [0.05, 0.1) is 4.47 Å². The summed E-state index contributed by atoms with van der Waals surface area (Å²) in [7, 11) is 0. The molecule has 0 amide bonds. The van der Waals surface area contributed by atoms with Gasteiger partial charge in [-0.1, -0.05) is 59.6 Å². The molecule has 0 atom stereocenters. The van der Waals surface area contributed by atoms with Gasteiger partial charge in [0.1, 0.15) is 12.4 Å². The van der Waals surface area contributed by atoms with Crippen LogP contribution in [-0.4, -0.2) is 0 Å². The topological polar surface area (TPSA) is 21.3 Å². The zero-order chi connectivity index (χ0) is 18.4. The van der Waals surface area contributed by atoms with Crippen LogP contribution >= 0.6 is 39.9 Å². The molecule has 0 fully saturated rings. The van der Waals surface area contributed by atoms with Crippen molar-refractivity contribution in [1.82, 2.24) is 5.32 Å². The summed E-state index contributed by atoms with van der Waals surface area (Å²) in [5.41, 5.74) is 4.87. The average Bonchev–Trinajstić information content (AvgIpc) is 2.64. The molecule has 0 aliphatic carbocycles. The Morgan fingerprint density at radius 2 is 1.44 bits per heavy atom. The third kappa shape index (κ3) is 6.86. The van der Waals surface area contributed by atoms with Crippen molar-refractivity contribution in [3.63, 3.8) is 0 Å². The lowest BCUT2D eigenvalue weighted by molar-refractivity contribution is 0.304. The standard InChI is InChI=1S/C22H21BrClNO.ClH/c1-16-2-4-17(5-3-16)13-25-14-19-8-11-22(21(23)12-19)26-15-18-6-9-20(24)10-7-18;/h2-12,25H,13-15H2,1H3;1H. The van der Waals surface area contributed by atoms with E-state index >= 15 is 0 Å². The first-order valence-electron chi connectivity index (χ1n) is 8.52. The van der Waals surface area contributed by atoms with Crippen molar-refractivity contribution in [3.8, 4) is 5.75 Å². The van der Waals surface area contributed by atoms with Crippen molar-refractivity contribution < 1.29 is 4.74 Å². The largest absolute Gasteiger partial charge is 0.488 e. The minimum atomic E-state index is 0. The maximum absolute atomic E-state index is 5.90. The Labute approximate surface area is 180 Å². The van der Waals surface area contributed by atoms with Crippen LogP contribution in [0, 0.1) is 6.92 Å². The predicted octanol–water partition coefficient (Wildman–Crippen LogP) is 6.70. The highest BCUT2D eigenvalue weighted by atomic mass is 79.9. The Morgan fingerprint density at radius 1 is 0.852 bits per heavy atom. The molecule has 142 valence electrons. The van der Waals surface area contributed by atoms with Gasteiger partial charge >= 0.3 is 0 Å². The molecular formula is C22H22BrCl2NO. The first kappa shape index (κ1) is 21.8. The van der Waals surface area contributed by atoms with Crippen molar-refractivity contribution >= 4 is 39.9 Å². The fourth-order valence-electron chi connectivity index (χ4n) is 2.57. The van der Waals surface area contributed by atoms with Crippen molar-refractivity contribution in [1.29, 1.82) is 0 Å². The SMILES string of the molecule is Cc1ccc(CNCc2ccc(OCc3ccc(Cl)cc3)c(Br)c2)cc1.Cl. The molecule has 0 unspecified atom stereocenters. The summed E-state index contributed by atoms with van der Waals surface area (Å²) >= 11 is 9.51. The molecule has 0 heterocycles. The van der Waals surface area contributed by atoms with Gasteiger partial charge in [0.25, 0.3) is 0 Å². The molecule has 27 heavy (non-hydrogen) atoms. The third-order valence-electron chi connectivity index (χ3n) is 4.08. The van der Waals surface area contributed by atoms with E-state index in [1.54, 1.807) is 0 Å². The molecule has 3 aromatic rings. The van der Waals surface area contributed by atoms with Crippen molar-refractivity contribution in [2.45, 2.75) is 26.6 Å². The number of rotatable bonds is 7. The Kier molecular flexibility index (Phi) is 8.65. The molecule has 3 aromatic carbocycles. The summed E-state index contributed by atoms with van der Waals surface area (Å²) in [5.74, 6) is 0.835. The van der Waals surface area contributed by atoms with Gasteiger partial charge in [-0.05, 0) is 63.8 Å². The van der Waals surface area contributed by atoms with Crippen LogP contribution in [0.2, 0.25) is 5.02 Å². The summed E-state index contributed by atoms with van der Waals surface area (Å²) in [6.45, 7) is 4.28. The first-order chi connectivity index (χ1) is 12.6. The second kappa shape index (κ2) is 10.7. The van der Waals surface area contributed by atoms with E-state index in [-0.39, 0.29) is 12.4 Å². The van der Waals surface area contributed by atoms with Crippen molar-refractivity contribution in [2.75, 3.05) is 0 Å². The zero-order valence-electron chi connectivity index (χ0n) is 15.0. The molecule has 2 nitrogen and oxygen atoms in total. The molecular weight excluding hydrogens is 445 g/mol. The second-order valence-electron chi connectivity index (χ2n) is 6.27. The molecule has 0 saturated heterocycles. The lowest BCUT2D eigenvalue weighted by Gasteiger charge is -2.11. The summed E-state index contributed by atoms with van der Waals surface area (Å²) in [6.07, 6.45) is 0. The molecule has 0 aliphatic rings. The van der Waals surface area contributed by atoms with E-state index in [2.05, 4.69) is 64.6 Å². The van der Waals surface area contributed by atoms with Crippen LogP contribution in [0.5, 0.6) is 5.75 Å². The summed E-state index contributed by atoms with van der Waals surface area (Å²) in [5, 5.41) is 4.21. The molecule has 0 aromatic heterocycles. The lowest BCUT2D eigenvalue weighted by Crippen LogP contribution is -2.12. The maximum Gasteiger partial charge on any atom is 0.134 e. The van der Waals surface area contributed by atoms with Crippen LogP contribution in [0.3, 0.4) is 0 Å².